The number of rotatable bonds is 4. The molecule has 0 saturated heterocycles. The van der Waals surface area contributed by atoms with Crippen LogP contribution in [0.5, 0.6) is 0 Å². The molecule has 1 saturated carbocycles. The number of hydrogen-bond acceptors (Lipinski definition) is 2. The van der Waals surface area contributed by atoms with Gasteiger partial charge in [0.25, 0.3) is 0 Å². The predicted molar refractivity (Wildman–Crippen MR) is 90.3 cm³/mol. The molecule has 0 heterocycles. The van der Waals surface area contributed by atoms with Crippen LogP contribution >= 0.6 is 0 Å². The predicted octanol–water partition coefficient (Wildman–Crippen LogP) is 4.01. The van der Waals surface area contributed by atoms with Crippen LogP contribution in [0.1, 0.15) is 44.2 Å². The van der Waals surface area contributed by atoms with Crippen molar-refractivity contribution in [1.82, 2.24) is 5.32 Å². The molecule has 1 fully saturated rings. The average molecular weight is 282 g/mol. The second-order valence-electron chi connectivity index (χ2n) is 6.34. The van der Waals surface area contributed by atoms with E-state index in [9.17, 15) is 0 Å². The Hall–Kier alpha value is -1.38. The van der Waals surface area contributed by atoms with Crippen LogP contribution in [0.15, 0.2) is 42.5 Å². The van der Waals surface area contributed by atoms with Gasteiger partial charge in [0.1, 0.15) is 0 Å². The van der Waals surface area contributed by atoms with E-state index < -0.39 is 0 Å². The van der Waals surface area contributed by atoms with Gasteiger partial charge in [-0.2, -0.15) is 0 Å². The summed E-state index contributed by atoms with van der Waals surface area (Å²) in [6.45, 7) is 3.09. The smallest absolute Gasteiger partial charge is 0.0300 e. The Morgan fingerprint density at radius 2 is 1.86 bits per heavy atom. The summed E-state index contributed by atoms with van der Waals surface area (Å²) in [5.74, 6) is 0.635. The molecule has 3 rings (SSSR count). The first-order valence-electron chi connectivity index (χ1n) is 8.23. The minimum atomic E-state index is 0.369. The van der Waals surface area contributed by atoms with Gasteiger partial charge in [0.15, 0.2) is 0 Å². The fourth-order valence-electron chi connectivity index (χ4n) is 3.75. The van der Waals surface area contributed by atoms with Crippen molar-refractivity contribution in [2.24, 2.45) is 11.7 Å². The van der Waals surface area contributed by atoms with Gasteiger partial charge < -0.3 is 11.1 Å². The summed E-state index contributed by atoms with van der Waals surface area (Å²) in [7, 11) is 0. The molecule has 3 atom stereocenters. The maximum absolute atomic E-state index is 5.96. The summed E-state index contributed by atoms with van der Waals surface area (Å²) in [4.78, 5) is 0. The van der Waals surface area contributed by atoms with Crippen molar-refractivity contribution < 1.29 is 0 Å². The van der Waals surface area contributed by atoms with E-state index in [4.69, 9.17) is 5.73 Å². The molecule has 0 aromatic heterocycles. The first-order valence-corrected chi connectivity index (χ1v) is 8.23. The van der Waals surface area contributed by atoms with E-state index in [0.29, 0.717) is 18.0 Å². The first kappa shape index (κ1) is 14.6. The lowest BCUT2D eigenvalue weighted by Gasteiger charge is -2.34. The van der Waals surface area contributed by atoms with Gasteiger partial charge in [-0.05, 0) is 48.6 Å². The van der Waals surface area contributed by atoms with Crippen LogP contribution in [0, 0.1) is 5.92 Å². The van der Waals surface area contributed by atoms with Crippen molar-refractivity contribution in [1.29, 1.82) is 0 Å². The second kappa shape index (κ2) is 6.59. The third-order valence-corrected chi connectivity index (χ3v) is 4.97. The zero-order chi connectivity index (χ0) is 14.7. The summed E-state index contributed by atoms with van der Waals surface area (Å²) in [6.07, 6.45) is 5.20. The minimum absolute atomic E-state index is 0.369. The number of fused-ring (bicyclic) bond motifs is 1. The van der Waals surface area contributed by atoms with Crippen molar-refractivity contribution in [3.05, 3.63) is 48.0 Å². The molecule has 0 spiro atoms. The zero-order valence-electron chi connectivity index (χ0n) is 12.9. The third kappa shape index (κ3) is 3.12. The molecule has 112 valence electrons. The molecule has 1 aliphatic carbocycles. The van der Waals surface area contributed by atoms with Crippen molar-refractivity contribution in [2.45, 2.75) is 44.7 Å². The Labute approximate surface area is 127 Å². The Morgan fingerprint density at radius 1 is 1.10 bits per heavy atom. The van der Waals surface area contributed by atoms with Gasteiger partial charge in [-0.25, -0.2) is 0 Å². The topological polar surface area (TPSA) is 38.0 Å². The third-order valence-electron chi connectivity index (χ3n) is 4.97. The van der Waals surface area contributed by atoms with E-state index >= 15 is 0 Å². The fraction of sp³-hybridized carbons (Fsp3) is 0.474. The van der Waals surface area contributed by atoms with Crippen LogP contribution in [0.2, 0.25) is 0 Å². The molecule has 2 aromatic rings. The number of hydrogen-bond donors (Lipinski definition) is 2. The quantitative estimate of drug-likeness (QED) is 0.889. The van der Waals surface area contributed by atoms with Gasteiger partial charge in [0, 0.05) is 12.1 Å². The second-order valence-corrected chi connectivity index (χ2v) is 6.34. The summed E-state index contributed by atoms with van der Waals surface area (Å²) in [6, 6.07) is 16.2. The van der Waals surface area contributed by atoms with Crippen molar-refractivity contribution in [3.63, 3.8) is 0 Å². The van der Waals surface area contributed by atoms with Gasteiger partial charge in [-0.1, -0.05) is 55.3 Å². The van der Waals surface area contributed by atoms with Gasteiger partial charge in [0.05, 0.1) is 0 Å². The Kier molecular flexibility index (Phi) is 4.57. The number of benzene rings is 2. The summed E-state index contributed by atoms with van der Waals surface area (Å²) in [5.41, 5.74) is 7.36. The molecule has 1 aliphatic rings. The van der Waals surface area contributed by atoms with E-state index in [1.165, 1.54) is 42.0 Å². The van der Waals surface area contributed by atoms with E-state index in [0.717, 1.165) is 6.54 Å². The Morgan fingerprint density at radius 3 is 2.71 bits per heavy atom. The van der Waals surface area contributed by atoms with Gasteiger partial charge in [0.2, 0.25) is 0 Å². The molecular weight excluding hydrogens is 256 g/mol. The number of nitrogens with two attached hydrogens (primary N) is 1. The monoisotopic (exact) mass is 282 g/mol. The van der Waals surface area contributed by atoms with E-state index in [1.54, 1.807) is 0 Å². The average Bonchev–Trinajstić information content (AvgIpc) is 2.54. The Bertz CT molecular complexity index is 588. The van der Waals surface area contributed by atoms with Crippen LogP contribution in [-0.4, -0.2) is 12.6 Å². The molecular formula is C19H26N2. The Balaban J connectivity index is 1.82. The highest BCUT2D eigenvalue weighted by molar-refractivity contribution is 5.86. The van der Waals surface area contributed by atoms with E-state index in [-0.39, 0.29) is 0 Å². The molecule has 0 aliphatic heterocycles. The van der Waals surface area contributed by atoms with Crippen LogP contribution in [0.3, 0.4) is 0 Å². The normalized spacial score (nSPS) is 24.1. The minimum Gasteiger partial charge on any atom is -0.330 e. The molecule has 2 aromatic carbocycles. The summed E-state index contributed by atoms with van der Waals surface area (Å²) in [5, 5.41) is 6.53. The molecule has 0 radical (unpaired) electrons. The fourth-order valence-corrected chi connectivity index (χ4v) is 3.75. The molecule has 2 heteroatoms. The molecule has 21 heavy (non-hydrogen) atoms. The highest BCUT2D eigenvalue weighted by Gasteiger charge is 2.25. The molecule has 3 N–H and O–H groups in total. The summed E-state index contributed by atoms with van der Waals surface area (Å²) >= 11 is 0. The first-order chi connectivity index (χ1) is 10.3. The van der Waals surface area contributed by atoms with Gasteiger partial charge in [-0.3, -0.25) is 0 Å². The molecule has 3 unspecified atom stereocenters. The van der Waals surface area contributed by atoms with Crippen LogP contribution < -0.4 is 11.1 Å². The highest BCUT2D eigenvalue weighted by atomic mass is 15.0. The van der Waals surface area contributed by atoms with Crippen molar-refractivity contribution in [3.8, 4) is 0 Å². The van der Waals surface area contributed by atoms with Crippen molar-refractivity contribution in [2.75, 3.05) is 6.54 Å². The lowest BCUT2D eigenvalue weighted by Crippen LogP contribution is -2.42. The van der Waals surface area contributed by atoms with Gasteiger partial charge in [-0.15, -0.1) is 0 Å². The largest absolute Gasteiger partial charge is 0.330 e. The lowest BCUT2D eigenvalue weighted by atomic mass is 9.84. The summed E-state index contributed by atoms with van der Waals surface area (Å²) < 4.78 is 0. The molecule has 2 nitrogen and oxygen atoms in total. The lowest BCUT2D eigenvalue weighted by molar-refractivity contribution is 0.252. The highest BCUT2D eigenvalue weighted by Crippen LogP contribution is 2.28. The van der Waals surface area contributed by atoms with E-state index in [2.05, 4.69) is 54.7 Å². The molecule has 0 amide bonds. The number of nitrogens with one attached hydrogen (secondary N) is 1. The standard InChI is InChI=1S/C19H26N2/c1-14(21-19-12-5-3-8-16(19)13-20)17-11-6-9-15-7-2-4-10-18(15)17/h2,4,6-7,9-11,14,16,19,21H,3,5,8,12-13,20H2,1H3. The molecule has 0 bridgehead atoms. The van der Waals surface area contributed by atoms with Crippen LogP contribution in [-0.2, 0) is 0 Å². The van der Waals surface area contributed by atoms with Crippen LogP contribution in [0.4, 0.5) is 0 Å². The van der Waals surface area contributed by atoms with Crippen molar-refractivity contribution >= 4 is 10.8 Å². The van der Waals surface area contributed by atoms with E-state index in [1.807, 2.05) is 0 Å². The maximum atomic E-state index is 5.96. The van der Waals surface area contributed by atoms with Gasteiger partial charge >= 0.3 is 0 Å². The zero-order valence-corrected chi connectivity index (χ0v) is 12.9. The maximum Gasteiger partial charge on any atom is 0.0300 e. The SMILES string of the molecule is CC(NC1CCCCC1CN)c1cccc2ccccc12. The van der Waals surface area contributed by atoms with Crippen LogP contribution in [0.25, 0.3) is 10.8 Å².